The highest BCUT2D eigenvalue weighted by molar-refractivity contribution is 5.12. The van der Waals surface area contributed by atoms with Gasteiger partial charge in [-0.25, -0.2) is 9.97 Å². The number of aromatic nitrogens is 2. The number of hydrogen-bond acceptors (Lipinski definition) is 3. The van der Waals surface area contributed by atoms with Gasteiger partial charge in [-0.15, -0.1) is 0 Å². The van der Waals surface area contributed by atoms with E-state index in [1.165, 1.54) is 25.0 Å². The van der Waals surface area contributed by atoms with E-state index < -0.39 is 0 Å². The summed E-state index contributed by atoms with van der Waals surface area (Å²) < 4.78 is 0. The quantitative estimate of drug-likeness (QED) is 0.769. The molecule has 1 aromatic rings. The van der Waals surface area contributed by atoms with Crippen molar-refractivity contribution < 1.29 is 0 Å². The molecule has 102 valence electrons. The predicted molar refractivity (Wildman–Crippen MR) is 76.8 cm³/mol. The molecule has 0 saturated heterocycles. The molecule has 0 spiro atoms. The third-order valence-electron chi connectivity index (χ3n) is 3.08. The average molecular weight is 249 g/mol. The maximum atomic E-state index is 4.56. The molecule has 0 saturated carbocycles. The lowest BCUT2D eigenvalue weighted by Gasteiger charge is -2.17. The Bertz CT molecular complexity index is 350. The third-order valence-corrected chi connectivity index (χ3v) is 3.08. The summed E-state index contributed by atoms with van der Waals surface area (Å²) in [4.78, 5) is 9.00. The van der Waals surface area contributed by atoms with Gasteiger partial charge in [0.1, 0.15) is 5.82 Å². The van der Waals surface area contributed by atoms with Crippen LogP contribution in [-0.4, -0.2) is 22.6 Å². The lowest BCUT2D eigenvalue weighted by Crippen LogP contribution is -2.32. The number of rotatable bonds is 8. The number of aryl methyl sites for hydroxylation is 2. The highest BCUT2D eigenvalue weighted by atomic mass is 14.9. The van der Waals surface area contributed by atoms with E-state index in [9.17, 15) is 0 Å². The maximum Gasteiger partial charge on any atom is 0.125 e. The molecule has 0 aromatic carbocycles. The third kappa shape index (κ3) is 5.13. The Balaban J connectivity index is 2.69. The zero-order valence-corrected chi connectivity index (χ0v) is 12.3. The monoisotopic (exact) mass is 249 g/mol. The van der Waals surface area contributed by atoms with E-state index in [1.807, 2.05) is 6.92 Å². The van der Waals surface area contributed by atoms with Crippen molar-refractivity contribution in [3.63, 3.8) is 0 Å². The molecule has 1 unspecified atom stereocenters. The van der Waals surface area contributed by atoms with Gasteiger partial charge in [0.25, 0.3) is 0 Å². The molecule has 3 heteroatoms. The first-order chi connectivity index (χ1) is 8.69. The van der Waals surface area contributed by atoms with Crippen LogP contribution < -0.4 is 5.32 Å². The van der Waals surface area contributed by atoms with E-state index in [0.29, 0.717) is 6.04 Å². The van der Waals surface area contributed by atoms with Crippen LogP contribution in [0.5, 0.6) is 0 Å². The average Bonchev–Trinajstić information content (AvgIpc) is 2.35. The van der Waals surface area contributed by atoms with Crippen LogP contribution in [0.15, 0.2) is 6.07 Å². The van der Waals surface area contributed by atoms with Gasteiger partial charge in [0.2, 0.25) is 0 Å². The number of hydrogen-bond donors (Lipinski definition) is 1. The lowest BCUT2D eigenvalue weighted by molar-refractivity contribution is 0.468. The summed E-state index contributed by atoms with van der Waals surface area (Å²) in [5, 5.41) is 3.62. The Labute approximate surface area is 111 Å². The van der Waals surface area contributed by atoms with Gasteiger partial charge in [-0.05, 0) is 38.8 Å². The van der Waals surface area contributed by atoms with Crippen molar-refractivity contribution in [3.05, 3.63) is 23.3 Å². The molecule has 0 bridgehead atoms. The van der Waals surface area contributed by atoms with E-state index in [4.69, 9.17) is 0 Å². The minimum absolute atomic E-state index is 0.550. The molecule has 1 heterocycles. The fraction of sp³-hybridized carbons (Fsp3) is 0.733. The van der Waals surface area contributed by atoms with E-state index in [2.05, 4.69) is 42.1 Å². The van der Waals surface area contributed by atoms with Crippen molar-refractivity contribution >= 4 is 0 Å². The van der Waals surface area contributed by atoms with Gasteiger partial charge < -0.3 is 5.32 Å². The highest BCUT2D eigenvalue weighted by Gasteiger charge is 2.10. The largest absolute Gasteiger partial charge is 0.314 e. The molecular formula is C15H27N3. The van der Waals surface area contributed by atoms with E-state index in [-0.39, 0.29) is 0 Å². The van der Waals surface area contributed by atoms with Crippen molar-refractivity contribution in [2.45, 2.75) is 65.8 Å². The zero-order valence-electron chi connectivity index (χ0n) is 12.3. The number of nitrogens with one attached hydrogen (secondary N) is 1. The molecule has 0 aliphatic carbocycles. The van der Waals surface area contributed by atoms with E-state index >= 15 is 0 Å². The normalized spacial score (nSPS) is 12.7. The molecule has 0 aliphatic rings. The molecular weight excluding hydrogens is 222 g/mol. The Morgan fingerprint density at radius 1 is 1.11 bits per heavy atom. The fourth-order valence-corrected chi connectivity index (χ4v) is 2.21. The number of nitrogens with zero attached hydrogens (tertiary/aromatic N) is 2. The van der Waals surface area contributed by atoms with Crippen LogP contribution in [0.4, 0.5) is 0 Å². The van der Waals surface area contributed by atoms with Gasteiger partial charge in [-0.2, -0.15) is 0 Å². The summed E-state index contributed by atoms with van der Waals surface area (Å²) >= 11 is 0. The van der Waals surface area contributed by atoms with Gasteiger partial charge in [0, 0.05) is 23.9 Å². The Morgan fingerprint density at radius 3 is 2.44 bits per heavy atom. The smallest absolute Gasteiger partial charge is 0.125 e. The van der Waals surface area contributed by atoms with Gasteiger partial charge in [-0.3, -0.25) is 0 Å². The Morgan fingerprint density at radius 2 is 1.83 bits per heavy atom. The molecule has 1 N–H and O–H groups in total. The Kier molecular flexibility index (Phi) is 6.88. The summed E-state index contributed by atoms with van der Waals surface area (Å²) in [5.74, 6) is 0.898. The van der Waals surface area contributed by atoms with Gasteiger partial charge >= 0.3 is 0 Å². The fourth-order valence-electron chi connectivity index (χ4n) is 2.21. The molecule has 1 rings (SSSR count). The highest BCUT2D eigenvalue weighted by Crippen LogP contribution is 2.08. The SMILES string of the molecule is CCCNC(CCC)Cc1cc(CC)nc(C)n1. The molecule has 1 atom stereocenters. The van der Waals surface area contributed by atoms with Crippen molar-refractivity contribution in [2.75, 3.05) is 6.54 Å². The summed E-state index contributed by atoms with van der Waals surface area (Å²) in [6, 6.07) is 2.71. The Hall–Kier alpha value is -0.960. The molecule has 3 nitrogen and oxygen atoms in total. The first-order valence-corrected chi connectivity index (χ1v) is 7.26. The summed E-state index contributed by atoms with van der Waals surface area (Å²) in [5.41, 5.74) is 2.34. The lowest BCUT2D eigenvalue weighted by atomic mass is 10.1. The van der Waals surface area contributed by atoms with Crippen LogP contribution in [0.2, 0.25) is 0 Å². The van der Waals surface area contributed by atoms with E-state index in [1.54, 1.807) is 0 Å². The van der Waals surface area contributed by atoms with Crippen LogP contribution in [0.3, 0.4) is 0 Å². The molecule has 0 fully saturated rings. The topological polar surface area (TPSA) is 37.8 Å². The minimum atomic E-state index is 0.550. The second kappa shape index (κ2) is 8.20. The van der Waals surface area contributed by atoms with Crippen LogP contribution in [0.1, 0.15) is 57.2 Å². The molecule has 0 amide bonds. The summed E-state index contributed by atoms with van der Waals surface area (Å²) in [6.07, 6.45) is 5.61. The molecule has 18 heavy (non-hydrogen) atoms. The van der Waals surface area contributed by atoms with Crippen molar-refractivity contribution in [1.82, 2.24) is 15.3 Å². The second-order valence-corrected chi connectivity index (χ2v) is 4.90. The second-order valence-electron chi connectivity index (χ2n) is 4.90. The van der Waals surface area contributed by atoms with Crippen LogP contribution in [0.25, 0.3) is 0 Å². The molecule has 0 aliphatic heterocycles. The summed E-state index contributed by atoms with van der Waals surface area (Å²) in [7, 11) is 0. The van der Waals surface area contributed by atoms with E-state index in [0.717, 1.165) is 30.9 Å². The first kappa shape index (κ1) is 15.1. The maximum absolute atomic E-state index is 4.56. The van der Waals surface area contributed by atoms with Crippen LogP contribution in [-0.2, 0) is 12.8 Å². The first-order valence-electron chi connectivity index (χ1n) is 7.26. The molecule has 1 aromatic heterocycles. The van der Waals surface area contributed by atoms with Crippen molar-refractivity contribution in [2.24, 2.45) is 0 Å². The summed E-state index contributed by atoms with van der Waals surface area (Å²) in [6.45, 7) is 9.67. The van der Waals surface area contributed by atoms with Gasteiger partial charge in [0.05, 0.1) is 0 Å². The van der Waals surface area contributed by atoms with Crippen molar-refractivity contribution in [1.29, 1.82) is 0 Å². The minimum Gasteiger partial charge on any atom is -0.314 e. The standard InChI is InChI=1S/C15H27N3/c1-5-8-14(16-9-6-2)11-15-10-13(7-3)17-12(4)18-15/h10,14,16H,5-9,11H2,1-4H3. The predicted octanol–water partition coefficient (Wildman–Crippen LogP) is 3.06. The van der Waals surface area contributed by atoms with Crippen LogP contribution >= 0.6 is 0 Å². The zero-order chi connectivity index (χ0) is 13.4. The molecule has 0 radical (unpaired) electrons. The van der Waals surface area contributed by atoms with Crippen LogP contribution in [0, 0.1) is 6.92 Å². The van der Waals surface area contributed by atoms with Gasteiger partial charge in [-0.1, -0.05) is 27.2 Å². The van der Waals surface area contributed by atoms with Gasteiger partial charge in [0.15, 0.2) is 0 Å². The van der Waals surface area contributed by atoms with Crippen molar-refractivity contribution in [3.8, 4) is 0 Å².